The van der Waals surface area contributed by atoms with Gasteiger partial charge in [0.2, 0.25) is 5.91 Å². The molecule has 0 bridgehead atoms. The Balaban J connectivity index is 1.96. The third-order valence-corrected chi connectivity index (χ3v) is 5.28. The van der Waals surface area contributed by atoms with Crippen molar-refractivity contribution in [2.24, 2.45) is 0 Å². The van der Waals surface area contributed by atoms with Crippen LogP contribution in [0.25, 0.3) is 0 Å². The van der Waals surface area contributed by atoms with E-state index in [-0.39, 0.29) is 16.3 Å². The highest BCUT2D eigenvalue weighted by atomic mass is 32.2. The molecular weight excluding hydrogens is 413 g/mol. The van der Waals surface area contributed by atoms with E-state index in [4.69, 9.17) is 9.47 Å². The van der Waals surface area contributed by atoms with E-state index < -0.39 is 33.4 Å². The first-order valence-electron chi connectivity index (χ1n) is 8.47. The molecule has 0 unspecified atom stereocenters. The molecule has 29 heavy (non-hydrogen) atoms. The summed E-state index contributed by atoms with van der Waals surface area (Å²) in [7, 11) is -4.35. The Kier molecular flexibility index (Phi) is 5.60. The fourth-order valence-corrected chi connectivity index (χ4v) is 3.76. The lowest BCUT2D eigenvalue weighted by Gasteiger charge is -2.17. The highest BCUT2D eigenvalue weighted by molar-refractivity contribution is 7.92. The van der Waals surface area contributed by atoms with Crippen LogP contribution in [0, 0.1) is 0 Å². The summed E-state index contributed by atoms with van der Waals surface area (Å²) in [6.07, 6.45) is -4.23. The minimum atomic E-state index is -4.85. The van der Waals surface area contributed by atoms with Crippen LogP contribution in [0.5, 0.6) is 11.5 Å². The molecule has 0 saturated carbocycles. The van der Waals surface area contributed by atoms with Crippen LogP contribution < -0.4 is 19.5 Å². The molecule has 0 aromatic heterocycles. The van der Waals surface area contributed by atoms with Crippen LogP contribution in [0.1, 0.15) is 18.9 Å². The number of amides is 1. The van der Waals surface area contributed by atoms with E-state index in [1.165, 1.54) is 24.3 Å². The zero-order valence-electron chi connectivity index (χ0n) is 15.2. The maximum absolute atomic E-state index is 13.4. The number of benzene rings is 2. The Morgan fingerprint density at radius 2 is 1.72 bits per heavy atom. The first-order valence-corrected chi connectivity index (χ1v) is 9.96. The maximum atomic E-state index is 13.4. The molecule has 0 saturated heterocycles. The van der Waals surface area contributed by atoms with Gasteiger partial charge in [0.15, 0.2) is 11.5 Å². The molecule has 0 spiro atoms. The summed E-state index contributed by atoms with van der Waals surface area (Å²) < 4.78 is 78.4. The molecule has 156 valence electrons. The number of halogens is 3. The van der Waals surface area contributed by atoms with Crippen molar-refractivity contribution in [3.8, 4) is 11.5 Å². The Labute approximate surface area is 164 Å². The van der Waals surface area contributed by atoms with Crippen molar-refractivity contribution in [2.75, 3.05) is 23.3 Å². The van der Waals surface area contributed by atoms with Crippen LogP contribution >= 0.6 is 0 Å². The molecule has 1 amide bonds. The average Bonchev–Trinajstić information content (AvgIpc) is 2.86. The molecule has 1 aliphatic rings. The van der Waals surface area contributed by atoms with Gasteiger partial charge in [0.25, 0.3) is 10.0 Å². The van der Waals surface area contributed by atoms with Gasteiger partial charge < -0.3 is 14.8 Å². The van der Waals surface area contributed by atoms with Gasteiger partial charge in [-0.2, -0.15) is 13.2 Å². The van der Waals surface area contributed by atoms with E-state index in [1.807, 2.05) is 4.72 Å². The summed E-state index contributed by atoms with van der Waals surface area (Å²) in [4.78, 5) is 10.8. The number of hydrogen-bond donors (Lipinski definition) is 2. The third kappa shape index (κ3) is 4.91. The Bertz CT molecular complexity index is 1040. The van der Waals surface area contributed by atoms with Crippen LogP contribution in [0.3, 0.4) is 0 Å². The molecule has 0 atom stereocenters. The summed E-state index contributed by atoms with van der Waals surface area (Å²) in [5.74, 6) is -0.00170. The van der Waals surface area contributed by atoms with E-state index in [9.17, 15) is 26.4 Å². The summed E-state index contributed by atoms with van der Waals surface area (Å²) in [5, 5.41) is 2.23. The number of carbonyl (C=O) groups excluding carboxylic acids is 1. The summed E-state index contributed by atoms with van der Waals surface area (Å²) in [5.41, 5.74) is -2.01. The first-order chi connectivity index (χ1) is 13.6. The lowest BCUT2D eigenvalue weighted by atomic mass is 10.1. The third-order valence-electron chi connectivity index (χ3n) is 3.92. The molecule has 2 aromatic carbocycles. The molecule has 2 N–H and O–H groups in total. The zero-order valence-corrected chi connectivity index (χ0v) is 16.0. The lowest BCUT2D eigenvalue weighted by Crippen LogP contribution is -2.18. The predicted molar refractivity (Wildman–Crippen MR) is 98.6 cm³/mol. The van der Waals surface area contributed by atoms with Crippen molar-refractivity contribution in [3.05, 3.63) is 42.0 Å². The van der Waals surface area contributed by atoms with Gasteiger partial charge in [-0.15, -0.1) is 0 Å². The molecular formula is C18H17F3N2O5S. The van der Waals surface area contributed by atoms with E-state index in [2.05, 4.69) is 5.32 Å². The molecule has 11 heteroatoms. The summed E-state index contributed by atoms with van der Waals surface area (Å²) in [6.45, 7) is 1.88. The van der Waals surface area contributed by atoms with E-state index >= 15 is 0 Å². The molecule has 1 heterocycles. The monoisotopic (exact) mass is 430 g/mol. The number of anilines is 2. The number of ether oxygens (including phenoxy) is 2. The number of carbonyl (C=O) groups is 1. The number of rotatable bonds is 4. The van der Waals surface area contributed by atoms with Crippen molar-refractivity contribution in [1.82, 2.24) is 0 Å². The van der Waals surface area contributed by atoms with Crippen LogP contribution in [0.15, 0.2) is 41.3 Å². The minimum absolute atomic E-state index is 0.108. The van der Waals surface area contributed by atoms with E-state index in [0.29, 0.717) is 31.5 Å². The van der Waals surface area contributed by atoms with E-state index in [1.54, 1.807) is 0 Å². The second kappa shape index (κ2) is 7.82. The fraction of sp³-hybridized carbons (Fsp3) is 0.278. The lowest BCUT2D eigenvalue weighted by molar-refractivity contribution is -0.136. The maximum Gasteiger partial charge on any atom is 0.418 e. The topological polar surface area (TPSA) is 93.7 Å². The number of sulfonamides is 1. The molecule has 0 aliphatic carbocycles. The van der Waals surface area contributed by atoms with Gasteiger partial charge in [0.05, 0.1) is 29.4 Å². The molecule has 7 nitrogen and oxygen atoms in total. The van der Waals surface area contributed by atoms with Crippen LogP contribution in [0.2, 0.25) is 0 Å². The van der Waals surface area contributed by atoms with Crippen molar-refractivity contribution in [2.45, 2.75) is 24.4 Å². The van der Waals surface area contributed by atoms with Crippen molar-refractivity contribution < 1.29 is 35.9 Å². The van der Waals surface area contributed by atoms with Crippen LogP contribution in [-0.2, 0) is 21.0 Å². The standard InChI is InChI=1S/C18H17F3N2O5S/c1-11(24)22-12-3-5-15(14(9-12)18(19,20)21)23-29(25,26)13-4-6-16-17(10-13)28-8-2-7-27-16/h3-6,9-10,23H,2,7-8H2,1H3,(H,22,24). The van der Waals surface area contributed by atoms with Gasteiger partial charge in [0, 0.05) is 25.1 Å². The van der Waals surface area contributed by atoms with Crippen molar-refractivity contribution >= 4 is 27.3 Å². The molecule has 1 aliphatic heterocycles. The summed E-state index contributed by atoms with van der Waals surface area (Å²) >= 11 is 0. The quantitative estimate of drug-likeness (QED) is 0.773. The number of alkyl halides is 3. The van der Waals surface area contributed by atoms with Gasteiger partial charge in [-0.05, 0) is 30.3 Å². The normalized spacial score (nSPS) is 14.1. The van der Waals surface area contributed by atoms with Gasteiger partial charge in [0.1, 0.15) is 0 Å². The fourth-order valence-electron chi connectivity index (χ4n) is 2.66. The largest absolute Gasteiger partial charge is 0.490 e. The Morgan fingerprint density at radius 3 is 2.38 bits per heavy atom. The smallest absolute Gasteiger partial charge is 0.418 e. The molecule has 3 rings (SSSR count). The van der Waals surface area contributed by atoms with Crippen LogP contribution in [-0.4, -0.2) is 27.5 Å². The van der Waals surface area contributed by atoms with E-state index in [0.717, 1.165) is 13.0 Å². The van der Waals surface area contributed by atoms with Gasteiger partial charge >= 0.3 is 6.18 Å². The zero-order chi connectivity index (χ0) is 21.2. The molecule has 2 aromatic rings. The van der Waals surface area contributed by atoms with Crippen LogP contribution in [0.4, 0.5) is 24.5 Å². The van der Waals surface area contributed by atoms with Gasteiger partial charge in [-0.1, -0.05) is 0 Å². The minimum Gasteiger partial charge on any atom is -0.490 e. The first kappa shape index (κ1) is 20.8. The average molecular weight is 430 g/mol. The highest BCUT2D eigenvalue weighted by Gasteiger charge is 2.35. The van der Waals surface area contributed by atoms with Gasteiger partial charge in [-0.25, -0.2) is 8.42 Å². The Morgan fingerprint density at radius 1 is 1.03 bits per heavy atom. The second-order valence-corrected chi connectivity index (χ2v) is 7.89. The SMILES string of the molecule is CC(=O)Nc1ccc(NS(=O)(=O)c2ccc3c(c2)OCCCO3)c(C(F)(F)F)c1. The Hall–Kier alpha value is -2.95. The highest BCUT2D eigenvalue weighted by Crippen LogP contribution is 2.38. The van der Waals surface area contributed by atoms with Crippen molar-refractivity contribution in [3.63, 3.8) is 0 Å². The number of fused-ring (bicyclic) bond motifs is 1. The van der Waals surface area contributed by atoms with Gasteiger partial charge in [-0.3, -0.25) is 9.52 Å². The number of hydrogen-bond acceptors (Lipinski definition) is 5. The second-order valence-electron chi connectivity index (χ2n) is 6.20. The summed E-state index contributed by atoms with van der Waals surface area (Å²) in [6, 6.07) is 6.57. The number of nitrogens with one attached hydrogen (secondary N) is 2. The predicted octanol–water partition coefficient (Wildman–Crippen LogP) is 3.63. The molecule has 0 fully saturated rings. The molecule has 0 radical (unpaired) electrons. The van der Waals surface area contributed by atoms with Crippen molar-refractivity contribution in [1.29, 1.82) is 0 Å².